The van der Waals surface area contributed by atoms with E-state index in [4.69, 9.17) is 0 Å². The van der Waals surface area contributed by atoms with E-state index in [2.05, 4.69) is 29.4 Å². The van der Waals surface area contributed by atoms with E-state index in [1.807, 2.05) is 7.05 Å². The third-order valence-corrected chi connectivity index (χ3v) is 3.30. The van der Waals surface area contributed by atoms with Gasteiger partial charge in [-0.3, -0.25) is 4.79 Å². The largest absolute Gasteiger partial charge is 0.355 e. The van der Waals surface area contributed by atoms with Crippen molar-refractivity contribution in [2.75, 3.05) is 33.2 Å². The fraction of sp³-hybridized carbons (Fsp3) is 0.917. The Morgan fingerprint density at radius 1 is 1.22 bits per heavy atom. The number of hydrogen-bond acceptors (Lipinski definition) is 3. The average molecular weight is 300 g/mol. The average Bonchev–Trinajstić information content (AvgIpc) is 2.29. The third kappa shape index (κ3) is 6.78. The zero-order valence-corrected chi connectivity index (χ0v) is 13.2. The molecule has 0 bridgehead atoms. The first-order valence-corrected chi connectivity index (χ1v) is 6.31. The molecule has 0 aromatic heterocycles. The molecule has 1 rings (SSSR count). The highest BCUT2D eigenvalue weighted by molar-refractivity contribution is 5.85. The number of hydrogen-bond donors (Lipinski definition) is 2. The fourth-order valence-corrected chi connectivity index (χ4v) is 2.13. The summed E-state index contributed by atoms with van der Waals surface area (Å²) in [4.78, 5) is 14.2. The van der Waals surface area contributed by atoms with Gasteiger partial charge in [0.25, 0.3) is 0 Å². The van der Waals surface area contributed by atoms with Gasteiger partial charge in [0.2, 0.25) is 5.91 Å². The minimum Gasteiger partial charge on any atom is -0.355 e. The summed E-state index contributed by atoms with van der Waals surface area (Å²) in [5.41, 5.74) is 0. The summed E-state index contributed by atoms with van der Waals surface area (Å²) in [6, 6.07) is 0.605. The van der Waals surface area contributed by atoms with Crippen LogP contribution in [0.3, 0.4) is 0 Å². The van der Waals surface area contributed by atoms with Crippen molar-refractivity contribution in [1.82, 2.24) is 15.5 Å². The molecule has 0 unspecified atom stereocenters. The van der Waals surface area contributed by atoms with Crippen LogP contribution in [0.5, 0.6) is 0 Å². The molecule has 1 aliphatic rings. The van der Waals surface area contributed by atoms with Gasteiger partial charge in [-0.2, -0.15) is 0 Å². The normalized spacial score (nSPS) is 16.9. The second kappa shape index (κ2) is 10.9. The van der Waals surface area contributed by atoms with Crippen LogP contribution < -0.4 is 10.6 Å². The van der Waals surface area contributed by atoms with Crippen LogP contribution in [0.4, 0.5) is 0 Å². The molecule has 1 aliphatic heterocycles. The number of carbonyl (C=O) groups excluding carboxylic acids is 1. The molecule has 4 nitrogen and oxygen atoms in total. The monoisotopic (exact) mass is 299 g/mol. The molecule has 1 heterocycles. The zero-order valence-electron chi connectivity index (χ0n) is 11.6. The van der Waals surface area contributed by atoms with Crippen LogP contribution in [-0.4, -0.2) is 50.1 Å². The maximum atomic E-state index is 11.8. The van der Waals surface area contributed by atoms with Gasteiger partial charge in [0.05, 0.1) is 0 Å². The highest BCUT2D eigenvalue weighted by Gasteiger charge is 2.25. The lowest BCUT2D eigenvalue weighted by Crippen LogP contribution is -2.43. The van der Waals surface area contributed by atoms with E-state index in [0.29, 0.717) is 6.04 Å². The lowest BCUT2D eigenvalue weighted by Gasteiger charge is -2.33. The third-order valence-electron chi connectivity index (χ3n) is 3.30. The van der Waals surface area contributed by atoms with Crippen LogP contribution in [0.15, 0.2) is 0 Å². The molecule has 6 heteroatoms. The summed E-state index contributed by atoms with van der Waals surface area (Å²) in [6.07, 6.45) is 2.01. The number of amides is 1. The van der Waals surface area contributed by atoms with Gasteiger partial charge in [0, 0.05) is 25.0 Å². The molecule has 18 heavy (non-hydrogen) atoms. The molecule has 0 saturated carbocycles. The predicted octanol–water partition coefficient (Wildman–Crippen LogP) is 1.29. The van der Waals surface area contributed by atoms with Crippen molar-refractivity contribution in [2.24, 2.45) is 5.92 Å². The molecule has 2 N–H and O–H groups in total. The van der Waals surface area contributed by atoms with Gasteiger partial charge in [0.15, 0.2) is 0 Å². The number of nitrogens with zero attached hydrogens (tertiary/aromatic N) is 1. The van der Waals surface area contributed by atoms with Gasteiger partial charge in [0.1, 0.15) is 0 Å². The topological polar surface area (TPSA) is 44.4 Å². The summed E-state index contributed by atoms with van der Waals surface area (Å²) >= 11 is 0. The number of likely N-dealkylation sites (N-methyl/N-ethyl adjacent to an activating group) is 1. The Bertz CT molecular complexity index is 219. The Labute approximate surface area is 123 Å². The summed E-state index contributed by atoms with van der Waals surface area (Å²) < 4.78 is 0. The first-order chi connectivity index (χ1) is 7.65. The van der Waals surface area contributed by atoms with E-state index in [1.165, 1.54) is 0 Å². The molecular formula is C12H27Cl2N3O. The number of nitrogens with one attached hydrogen (secondary N) is 2. The molecule has 1 fully saturated rings. The molecule has 1 amide bonds. The van der Waals surface area contributed by atoms with Gasteiger partial charge < -0.3 is 15.5 Å². The Morgan fingerprint density at radius 2 is 1.78 bits per heavy atom. The summed E-state index contributed by atoms with van der Waals surface area (Å²) in [5, 5.41) is 6.00. The molecule has 0 aromatic rings. The molecule has 1 saturated heterocycles. The Morgan fingerprint density at radius 3 is 2.22 bits per heavy atom. The minimum absolute atomic E-state index is 0. The maximum Gasteiger partial charge on any atom is 0.223 e. The van der Waals surface area contributed by atoms with Crippen molar-refractivity contribution >= 4 is 30.7 Å². The number of halogens is 2. The fourth-order valence-electron chi connectivity index (χ4n) is 2.13. The molecular weight excluding hydrogens is 273 g/mol. The summed E-state index contributed by atoms with van der Waals surface area (Å²) in [6.45, 7) is 8.13. The first kappa shape index (κ1) is 20.3. The molecule has 0 aliphatic carbocycles. The van der Waals surface area contributed by atoms with E-state index in [0.717, 1.165) is 39.0 Å². The quantitative estimate of drug-likeness (QED) is 0.752. The van der Waals surface area contributed by atoms with E-state index in [-0.39, 0.29) is 36.6 Å². The van der Waals surface area contributed by atoms with Crippen LogP contribution >= 0.6 is 24.8 Å². The zero-order chi connectivity index (χ0) is 12.0. The second-order valence-electron chi connectivity index (χ2n) is 4.80. The Hall–Kier alpha value is -0.0300. The lowest BCUT2D eigenvalue weighted by atomic mass is 9.95. The molecule has 0 spiro atoms. The van der Waals surface area contributed by atoms with E-state index in [1.54, 1.807) is 0 Å². The van der Waals surface area contributed by atoms with Crippen LogP contribution in [0.25, 0.3) is 0 Å². The van der Waals surface area contributed by atoms with Crippen molar-refractivity contribution < 1.29 is 4.79 Å². The van der Waals surface area contributed by atoms with Crippen molar-refractivity contribution in [3.05, 3.63) is 0 Å². The number of rotatable bonds is 5. The van der Waals surface area contributed by atoms with E-state index < -0.39 is 0 Å². The highest BCUT2D eigenvalue weighted by Crippen LogP contribution is 2.18. The van der Waals surface area contributed by atoms with Crippen LogP contribution in [0.1, 0.15) is 26.7 Å². The number of piperidine rings is 1. The molecule has 0 atom stereocenters. The molecule has 0 aromatic carbocycles. The van der Waals surface area contributed by atoms with Gasteiger partial charge in [-0.05, 0) is 46.8 Å². The van der Waals surface area contributed by atoms with Gasteiger partial charge in [-0.1, -0.05) is 0 Å². The van der Waals surface area contributed by atoms with Crippen LogP contribution in [0.2, 0.25) is 0 Å². The smallest absolute Gasteiger partial charge is 0.223 e. The van der Waals surface area contributed by atoms with E-state index in [9.17, 15) is 4.79 Å². The van der Waals surface area contributed by atoms with Crippen LogP contribution in [-0.2, 0) is 4.79 Å². The first-order valence-electron chi connectivity index (χ1n) is 6.31. The van der Waals surface area contributed by atoms with Crippen molar-refractivity contribution in [1.29, 1.82) is 0 Å². The molecule has 110 valence electrons. The Kier molecular flexibility index (Phi) is 12.2. The maximum absolute atomic E-state index is 11.8. The van der Waals surface area contributed by atoms with Gasteiger partial charge in [-0.15, -0.1) is 24.8 Å². The summed E-state index contributed by atoms with van der Waals surface area (Å²) in [5.74, 6) is 0.463. The minimum atomic E-state index is 0. The number of likely N-dealkylation sites (tertiary alicyclic amines) is 1. The predicted molar refractivity (Wildman–Crippen MR) is 80.9 cm³/mol. The lowest BCUT2D eigenvalue weighted by molar-refractivity contribution is -0.126. The summed E-state index contributed by atoms with van der Waals surface area (Å²) in [7, 11) is 1.90. The van der Waals surface area contributed by atoms with Crippen molar-refractivity contribution in [2.45, 2.75) is 32.7 Å². The van der Waals surface area contributed by atoms with E-state index >= 15 is 0 Å². The Balaban J connectivity index is 0. The molecule has 0 radical (unpaired) electrons. The second-order valence-corrected chi connectivity index (χ2v) is 4.80. The highest BCUT2D eigenvalue weighted by atomic mass is 35.5. The van der Waals surface area contributed by atoms with Crippen LogP contribution in [0, 0.1) is 5.92 Å². The van der Waals surface area contributed by atoms with Crippen molar-refractivity contribution in [3.63, 3.8) is 0 Å². The SMILES string of the molecule is CNCCNC(=O)C1CCN(C(C)C)CC1.Cl.Cl. The standard InChI is InChI=1S/C12H25N3O.2ClH/c1-10(2)15-8-4-11(5-9-15)12(16)14-7-6-13-3;;/h10-11,13H,4-9H2,1-3H3,(H,14,16);2*1H. The van der Waals surface area contributed by atoms with Gasteiger partial charge >= 0.3 is 0 Å². The van der Waals surface area contributed by atoms with Crippen molar-refractivity contribution in [3.8, 4) is 0 Å². The van der Waals surface area contributed by atoms with Gasteiger partial charge in [-0.25, -0.2) is 0 Å². The number of carbonyl (C=O) groups is 1.